The highest BCUT2D eigenvalue weighted by atomic mass is 16.5. The topological polar surface area (TPSA) is 21.3 Å². The van der Waals surface area contributed by atoms with Gasteiger partial charge in [0.05, 0.1) is 5.76 Å². The third kappa shape index (κ3) is 4.55. The lowest BCUT2D eigenvalue weighted by Gasteiger charge is -2.18. The molecule has 17 heavy (non-hydrogen) atoms. The van der Waals surface area contributed by atoms with E-state index in [0.29, 0.717) is 0 Å². The summed E-state index contributed by atoms with van der Waals surface area (Å²) in [5.41, 5.74) is 1.45. The van der Waals surface area contributed by atoms with Gasteiger partial charge in [-0.3, -0.25) is 0 Å². The van der Waals surface area contributed by atoms with Gasteiger partial charge in [-0.15, -0.1) is 0 Å². The van der Waals surface area contributed by atoms with Gasteiger partial charge in [-0.25, -0.2) is 0 Å². The molecule has 0 atom stereocenters. The monoisotopic (exact) mass is 237 g/mol. The summed E-state index contributed by atoms with van der Waals surface area (Å²) in [5.74, 6) is 1.93. The van der Waals surface area contributed by atoms with Crippen molar-refractivity contribution in [3.05, 3.63) is 23.5 Å². The Kier molecular flexibility index (Phi) is 7.02. The van der Waals surface area contributed by atoms with Crippen LogP contribution >= 0.6 is 0 Å². The van der Waals surface area contributed by atoms with Gasteiger partial charge >= 0.3 is 0 Å². The molecule has 0 radical (unpaired) electrons. The lowest BCUT2D eigenvalue weighted by molar-refractivity contribution is 0.201. The Morgan fingerprint density at radius 2 is 2.06 bits per heavy atom. The van der Waals surface area contributed by atoms with Gasteiger partial charge in [-0.05, 0) is 38.3 Å². The van der Waals surface area contributed by atoms with Crippen LogP contribution in [-0.4, -0.2) is 20.2 Å². The number of rotatable bonds is 7. The summed E-state index contributed by atoms with van der Waals surface area (Å²) >= 11 is 0. The molecule has 0 aliphatic heterocycles. The summed E-state index contributed by atoms with van der Waals surface area (Å²) < 4.78 is 5.92. The highest BCUT2D eigenvalue weighted by Gasteiger charge is 2.20. The van der Waals surface area contributed by atoms with Gasteiger partial charge in [0.2, 0.25) is 0 Å². The molecule has 1 saturated carbocycles. The minimum atomic E-state index is 0.732. The van der Waals surface area contributed by atoms with Crippen LogP contribution < -0.4 is 5.32 Å². The molecule has 1 N–H and O–H groups in total. The van der Waals surface area contributed by atoms with Gasteiger partial charge < -0.3 is 10.1 Å². The normalized spacial score (nSPS) is 18.8. The van der Waals surface area contributed by atoms with E-state index in [1.165, 1.54) is 37.0 Å². The van der Waals surface area contributed by atoms with Crippen molar-refractivity contribution in [2.45, 2.75) is 46.0 Å². The average Bonchev–Trinajstić information content (AvgIpc) is 2.86. The van der Waals surface area contributed by atoms with Gasteiger partial charge in [0.15, 0.2) is 0 Å². The Morgan fingerprint density at radius 3 is 2.59 bits per heavy atom. The second-order valence-electron chi connectivity index (χ2n) is 4.67. The molecule has 0 heterocycles. The molecule has 1 rings (SSSR count). The molecule has 1 fully saturated rings. The highest BCUT2D eigenvalue weighted by molar-refractivity contribution is 5.25. The molecule has 2 heteroatoms. The van der Waals surface area contributed by atoms with E-state index in [9.17, 15) is 0 Å². The zero-order valence-corrected chi connectivity index (χ0v) is 11.6. The number of hydrogen-bond acceptors (Lipinski definition) is 2. The molecular weight excluding hydrogens is 210 g/mol. The number of hydrogen-bond donors (Lipinski definition) is 1. The zero-order chi connectivity index (χ0) is 12.5. The first-order valence-electron chi connectivity index (χ1n) is 6.96. The molecular formula is C15H27NO. The number of likely N-dealkylation sites (N-methyl/N-ethyl adjacent to an activating group) is 1. The van der Waals surface area contributed by atoms with Crippen LogP contribution in [0.3, 0.4) is 0 Å². The second kappa shape index (κ2) is 8.35. The van der Waals surface area contributed by atoms with E-state index < -0.39 is 0 Å². The van der Waals surface area contributed by atoms with E-state index in [4.69, 9.17) is 4.74 Å². The molecule has 0 bridgehead atoms. The van der Waals surface area contributed by atoms with E-state index in [-0.39, 0.29) is 0 Å². The first-order valence-corrected chi connectivity index (χ1v) is 6.96. The van der Waals surface area contributed by atoms with Gasteiger partial charge in [0.25, 0.3) is 0 Å². The fourth-order valence-electron chi connectivity index (χ4n) is 2.54. The predicted octanol–water partition coefficient (Wildman–Crippen LogP) is 3.65. The molecule has 2 nitrogen and oxygen atoms in total. The fourth-order valence-corrected chi connectivity index (χ4v) is 2.54. The van der Waals surface area contributed by atoms with Crippen LogP contribution in [0.25, 0.3) is 0 Å². The Hall–Kier alpha value is -0.760. The minimum Gasteiger partial charge on any atom is -0.496 e. The van der Waals surface area contributed by atoms with E-state index in [0.717, 1.165) is 25.5 Å². The third-order valence-corrected chi connectivity index (χ3v) is 3.41. The summed E-state index contributed by atoms with van der Waals surface area (Å²) in [5, 5.41) is 3.12. The maximum Gasteiger partial charge on any atom is 0.100 e. The molecule has 0 amide bonds. The molecule has 1 aliphatic rings. The smallest absolute Gasteiger partial charge is 0.100 e. The molecule has 0 spiro atoms. The van der Waals surface area contributed by atoms with E-state index in [2.05, 4.69) is 31.3 Å². The lowest BCUT2D eigenvalue weighted by Crippen LogP contribution is -2.15. The van der Waals surface area contributed by atoms with E-state index in [1.54, 1.807) is 0 Å². The summed E-state index contributed by atoms with van der Waals surface area (Å²) in [6.07, 6.45) is 10.8. The van der Waals surface area contributed by atoms with Crippen LogP contribution in [0.15, 0.2) is 23.5 Å². The lowest BCUT2D eigenvalue weighted by atomic mass is 9.95. The molecule has 98 valence electrons. The van der Waals surface area contributed by atoms with E-state index in [1.807, 2.05) is 7.05 Å². The molecule has 0 aromatic rings. The summed E-state index contributed by atoms with van der Waals surface area (Å²) in [7, 11) is 1.96. The van der Waals surface area contributed by atoms with Crippen LogP contribution in [0.4, 0.5) is 0 Å². The van der Waals surface area contributed by atoms with Crippen molar-refractivity contribution in [1.29, 1.82) is 0 Å². The Labute approximate surface area is 106 Å². The minimum absolute atomic E-state index is 0.732. The zero-order valence-electron chi connectivity index (χ0n) is 11.6. The quantitative estimate of drug-likeness (QED) is 0.414. The van der Waals surface area contributed by atoms with E-state index >= 15 is 0 Å². The average molecular weight is 237 g/mol. The molecule has 1 aliphatic carbocycles. The first-order chi connectivity index (χ1) is 8.33. The number of ether oxygens (including phenoxy) is 1. The van der Waals surface area contributed by atoms with Crippen molar-refractivity contribution >= 4 is 0 Å². The van der Waals surface area contributed by atoms with Gasteiger partial charge in [0.1, 0.15) is 6.61 Å². The molecule has 0 unspecified atom stereocenters. The van der Waals surface area contributed by atoms with Crippen molar-refractivity contribution in [2.75, 3.05) is 20.2 Å². The van der Waals surface area contributed by atoms with Crippen LogP contribution in [0.2, 0.25) is 0 Å². The first kappa shape index (κ1) is 14.3. The number of allylic oxidation sites excluding steroid dienone is 4. The van der Waals surface area contributed by atoms with Crippen LogP contribution in [0.1, 0.15) is 46.0 Å². The van der Waals surface area contributed by atoms with Crippen molar-refractivity contribution in [3.63, 3.8) is 0 Å². The SMILES string of the molecule is C/C=C\C(=C(/CC)OCCNC)C1CCCC1. The predicted molar refractivity (Wildman–Crippen MR) is 74.0 cm³/mol. The summed E-state index contributed by atoms with van der Waals surface area (Å²) in [6, 6.07) is 0. The van der Waals surface area contributed by atoms with Crippen molar-refractivity contribution in [1.82, 2.24) is 5.32 Å². The van der Waals surface area contributed by atoms with Crippen molar-refractivity contribution in [2.24, 2.45) is 5.92 Å². The molecule has 0 aromatic carbocycles. The fraction of sp³-hybridized carbons (Fsp3) is 0.733. The molecule has 0 saturated heterocycles. The maximum atomic E-state index is 5.92. The third-order valence-electron chi connectivity index (χ3n) is 3.41. The van der Waals surface area contributed by atoms with Gasteiger partial charge in [0, 0.05) is 13.0 Å². The largest absolute Gasteiger partial charge is 0.496 e. The van der Waals surface area contributed by atoms with Crippen LogP contribution in [0, 0.1) is 5.92 Å². The van der Waals surface area contributed by atoms with Crippen LogP contribution in [-0.2, 0) is 4.74 Å². The summed E-state index contributed by atoms with van der Waals surface area (Å²) in [4.78, 5) is 0. The van der Waals surface area contributed by atoms with Gasteiger partial charge in [-0.1, -0.05) is 31.9 Å². The van der Waals surface area contributed by atoms with Crippen molar-refractivity contribution in [3.8, 4) is 0 Å². The Morgan fingerprint density at radius 1 is 1.35 bits per heavy atom. The van der Waals surface area contributed by atoms with Crippen molar-refractivity contribution < 1.29 is 4.74 Å². The van der Waals surface area contributed by atoms with Gasteiger partial charge in [-0.2, -0.15) is 0 Å². The number of nitrogens with one attached hydrogen (secondary N) is 1. The Balaban J connectivity index is 2.72. The maximum absolute atomic E-state index is 5.92. The second-order valence-corrected chi connectivity index (χ2v) is 4.67. The standard InChI is InChI=1S/C15H27NO/c1-4-8-14(13-9-6-7-10-13)15(5-2)17-12-11-16-3/h4,8,13,16H,5-7,9-12H2,1-3H3/b8-4-,15-14-. The molecule has 0 aromatic heterocycles. The highest BCUT2D eigenvalue weighted by Crippen LogP contribution is 2.34. The Bertz CT molecular complexity index is 262. The van der Waals surface area contributed by atoms with Crippen LogP contribution in [0.5, 0.6) is 0 Å². The summed E-state index contributed by atoms with van der Waals surface area (Å²) in [6.45, 7) is 5.97.